The molecule has 0 aromatic carbocycles. The minimum absolute atomic E-state index is 0.0891. The van der Waals surface area contributed by atoms with Crippen LogP contribution in [0, 0.1) is 23.2 Å². The Morgan fingerprint density at radius 2 is 2.08 bits per heavy atom. The van der Waals surface area contributed by atoms with Crippen molar-refractivity contribution in [3.63, 3.8) is 0 Å². The van der Waals surface area contributed by atoms with Crippen molar-refractivity contribution in [1.29, 1.82) is 0 Å². The lowest BCUT2D eigenvalue weighted by Gasteiger charge is -2.55. The number of fused-ring (bicyclic) bond motifs is 2. The van der Waals surface area contributed by atoms with Gasteiger partial charge in [-0.25, -0.2) is 4.79 Å². The van der Waals surface area contributed by atoms with E-state index in [1.807, 2.05) is 13.8 Å². The predicted octanol–water partition coefficient (Wildman–Crippen LogP) is 5.32. The summed E-state index contributed by atoms with van der Waals surface area (Å²) in [5.74, 6) is 1.25. The molecular formula is C22H39NO3. The maximum Gasteiger partial charge on any atom is 0.407 e. The minimum atomic E-state index is -0.321. The predicted molar refractivity (Wildman–Crippen MR) is 106 cm³/mol. The topological polar surface area (TPSA) is 47.6 Å². The number of alkyl carbamates (subject to hydrolysis) is 1. The third kappa shape index (κ3) is 4.62. The Morgan fingerprint density at radius 1 is 1.35 bits per heavy atom. The van der Waals surface area contributed by atoms with Crippen LogP contribution in [0.1, 0.15) is 73.6 Å². The third-order valence-corrected chi connectivity index (χ3v) is 6.58. The molecule has 2 rings (SSSR count). The first-order chi connectivity index (χ1) is 12.3. The molecule has 2 aliphatic rings. The molecule has 1 N–H and O–H groups in total. The second-order valence-corrected chi connectivity index (χ2v) is 8.82. The molecule has 1 amide bonds. The molecule has 1 aliphatic carbocycles. The zero-order valence-corrected chi connectivity index (χ0v) is 17.6. The highest BCUT2D eigenvalue weighted by atomic mass is 16.6. The summed E-state index contributed by atoms with van der Waals surface area (Å²) in [4.78, 5) is 12.0. The zero-order chi connectivity index (χ0) is 19.3. The largest absolute Gasteiger partial charge is 0.449 e. The number of allylic oxidation sites excluding steroid dienone is 1. The van der Waals surface area contributed by atoms with Gasteiger partial charge in [0.1, 0.15) is 6.61 Å². The van der Waals surface area contributed by atoms with Crippen LogP contribution in [0.4, 0.5) is 4.79 Å². The van der Waals surface area contributed by atoms with Crippen molar-refractivity contribution in [3.05, 3.63) is 11.6 Å². The van der Waals surface area contributed by atoms with E-state index in [0.717, 1.165) is 6.42 Å². The van der Waals surface area contributed by atoms with Gasteiger partial charge in [-0.2, -0.15) is 0 Å². The number of hydrogen-bond donors (Lipinski definition) is 1. The molecule has 5 atom stereocenters. The molecule has 1 aliphatic heterocycles. The normalized spacial score (nSPS) is 33.7. The van der Waals surface area contributed by atoms with Gasteiger partial charge in [-0.05, 0) is 39.0 Å². The molecule has 1 saturated heterocycles. The molecule has 0 radical (unpaired) electrons. The average Bonchev–Trinajstić information content (AvgIpc) is 2.56. The van der Waals surface area contributed by atoms with Crippen LogP contribution in [0.5, 0.6) is 0 Å². The van der Waals surface area contributed by atoms with Crippen molar-refractivity contribution in [2.75, 3.05) is 13.2 Å². The molecule has 26 heavy (non-hydrogen) atoms. The second-order valence-electron chi connectivity index (χ2n) is 8.82. The van der Waals surface area contributed by atoms with Gasteiger partial charge in [0.25, 0.3) is 0 Å². The highest BCUT2D eigenvalue weighted by molar-refractivity contribution is 5.67. The lowest BCUT2D eigenvalue weighted by Crippen LogP contribution is -2.57. The quantitative estimate of drug-likeness (QED) is 0.467. The Balaban J connectivity index is 2.06. The number of nitrogens with one attached hydrogen (secondary N) is 1. The van der Waals surface area contributed by atoms with Crippen molar-refractivity contribution in [1.82, 2.24) is 5.32 Å². The molecular weight excluding hydrogens is 326 g/mol. The van der Waals surface area contributed by atoms with E-state index < -0.39 is 0 Å². The summed E-state index contributed by atoms with van der Waals surface area (Å²) in [5.41, 5.74) is 1.34. The van der Waals surface area contributed by atoms with E-state index in [1.54, 1.807) is 0 Å². The van der Waals surface area contributed by atoms with Gasteiger partial charge in [-0.15, -0.1) is 0 Å². The number of hydrogen-bond acceptors (Lipinski definition) is 3. The number of unbranched alkanes of at least 4 members (excludes halogenated alkanes) is 3. The number of rotatable bonds is 8. The van der Waals surface area contributed by atoms with E-state index in [4.69, 9.17) is 9.47 Å². The molecule has 1 heterocycles. The lowest BCUT2D eigenvalue weighted by atomic mass is 9.56. The lowest BCUT2D eigenvalue weighted by molar-refractivity contribution is -0.165. The van der Waals surface area contributed by atoms with Gasteiger partial charge in [0, 0.05) is 17.4 Å². The number of carbonyl (C=O) groups excluding carboxylic acids is 1. The van der Waals surface area contributed by atoms with Gasteiger partial charge in [0.15, 0.2) is 0 Å². The molecule has 150 valence electrons. The Kier molecular flexibility index (Phi) is 7.57. The molecule has 4 heteroatoms. The van der Waals surface area contributed by atoms with E-state index in [0.29, 0.717) is 37.1 Å². The van der Waals surface area contributed by atoms with E-state index >= 15 is 0 Å². The summed E-state index contributed by atoms with van der Waals surface area (Å²) in [6, 6.07) is 0.0891. The highest BCUT2D eigenvalue weighted by Crippen LogP contribution is 2.53. The number of carbonyl (C=O) groups is 1. The fourth-order valence-electron chi connectivity index (χ4n) is 4.90. The van der Waals surface area contributed by atoms with Crippen LogP contribution in [0.15, 0.2) is 11.6 Å². The Labute approximate surface area is 160 Å². The summed E-state index contributed by atoms with van der Waals surface area (Å²) >= 11 is 0. The van der Waals surface area contributed by atoms with E-state index in [9.17, 15) is 4.79 Å². The van der Waals surface area contributed by atoms with Crippen molar-refractivity contribution in [2.24, 2.45) is 23.2 Å². The van der Waals surface area contributed by atoms with Gasteiger partial charge in [0.05, 0.1) is 12.7 Å². The Bertz CT molecular complexity index is 502. The molecule has 2 bridgehead atoms. The molecule has 0 aromatic rings. The SMILES string of the molecule is CCCCCC[C@H]1OC[C@]2(COC(=O)NC(C)C)[C@H](C)[C@H]1C(C)=C[C@@H]2C. The zero-order valence-electron chi connectivity index (χ0n) is 17.6. The number of amides is 1. The van der Waals surface area contributed by atoms with Crippen LogP contribution in [0.3, 0.4) is 0 Å². The van der Waals surface area contributed by atoms with E-state index in [-0.39, 0.29) is 17.6 Å². The minimum Gasteiger partial charge on any atom is -0.449 e. The van der Waals surface area contributed by atoms with Crippen LogP contribution in [0.2, 0.25) is 0 Å². The first-order valence-corrected chi connectivity index (χ1v) is 10.5. The number of ether oxygens (including phenoxy) is 2. The van der Waals surface area contributed by atoms with Gasteiger partial charge in [0.2, 0.25) is 0 Å². The maximum atomic E-state index is 12.0. The monoisotopic (exact) mass is 365 g/mol. The van der Waals surface area contributed by atoms with Crippen LogP contribution in [-0.4, -0.2) is 31.5 Å². The van der Waals surface area contributed by atoms with E-state index in [2.05, 4.69) is 39.1 Å². The molecule has 0 saturated carbocycles. The smallest absolute Gasteiger partial charge is 0.407 e. The standard InChI is InChI=1S/C22H39NO3/c1-7-8-9-10-11-19-20-16(4)12-17(5)22(13-25-19,18(20)6)14-26-21(24)23-15(2)3/h12,15,17-20H,7-11,13-14H2,1-6H3,(H,23,24)/t17-,18+,19+,20+,22+/m0/s1. The van der Waals surface area contributed by atoms with Gasteiger partial charge < -0.3 is 14.8 Å². The molecule has 4 nitrogen and oxygen atoms in total. The van der Waals surface area contributed by atoms with Crippen LogP contribution >= 0.6 is 0 Å². The van der Waals surface area contributed by atoms with Crippen LogP contribution in [-0.2, 0) is 9.47 Å². The third-order valence-electron chi connectivity index (χ3n) is 6.58. The van der Waals surface area contributed by atoms with Crippen molar-refractivity contribution < 1.29 is 14.3 Å². The van der Waals surface area contributed by atoms with Crippen molar-refractivity contribution >= 4 is 6.09 Å². The first-order valence-electron chi connectivity index (χ1n) is 10.5. The van der Waals surface area contributed by atoms with Crippen LogP contribution in [0.25, 0.3) is 0 Å². The molecule has 0 aromatic heterocycles. The maximum absolute atomic E-state index is 12.0. The van der Waals surface area contributed by atoms with Crippen LogP contribution < -0.4 is 5.32 Å². The van der Waals surface area contributed by atoms with E-state index in [1.165, 1.54) is 31.3 Å². The highest BCUT2D eigenvalue weighted by Gasteiger charge is 2.53. The summed E-state index contributed by atoms with van der Waals surface area (Å²) in [6.07, 6.45) is 8.63. The fourth-order valence-corrected chi connectivity index (χ4v) is 4.90. The first kappa shape index (κ1) is 21.3. The average molecular weight is 366 g/mol. The van der Waals surface area contributed by atoms with Gasteiger partial charge >= 0.3 is 6.09 Å². The summed E-state index contributed by atoms with van der Waals surface area (Å²) < 4.78 is 12.0. The van der Waals surface area contributed by atoms with Gasteiger partial charge in [-0.3, -0.25) is 0 Å². The molecule has 0 unspecified atom stereocenters. The Hall–Kier alpha value is -1.03. The molecule has 1 fully saturated rings. The second kappa shape index (κ2) is 9.25. The fraction of sp³-hybridized carbons (Fsp3) is 0.864. The Morgan fingerprint density at radius 3 is 2.73 bits per heavy atom. The summed E-state index contributed by atoms with van der Waals surface area (Å²) in [6.45, 7) is 14.1. The molecule has 0 spiro atoms. The summed E-state index contributed by atoms with van der Waals surface area (Å²) in [5, 5.41) is 2.82. The van der Waals surface area contributed by atoms with Gasteiger partial charge in [-0.1, -0.05) is 58.1 Å². The van der Waals surface area contributed by atoms with Crippen molar-refractivity contribution in [3.8, 4) is 0 Å². The summed E-state index contributed by atoms with van der Waals surface area (Å²) in [7, 11) is 0. The van der Waals surface area contributed by atoms with Crippen molar-refractivity contribution in [2.45, 2.75) is 85.8 Å².